The van der Waals surface area contributed by atoms with E-state index in [0.717, 1.165) is 70.3 Å². The first-order valence-corrected chi connectivity index (χ1v) is 9.44. The Kier molecular flexibility index (Phi) is 6.46. The van der Waals surface area contributed by atoms with Gasteiger partial charge in [-0.05, 0) is 30.7 Å². The average molecular weight is 302 g/mol. The molecule has 2 aliphatic heterocycles. The molecule has 5 heteroatoms. The lowest BCUT2D eigenvalue weighted by Gasteiger charge is -2.42. The average Bonchev–Trinajstić information content (AvgIpc) is 2.42. The summed E-state index contributed by atoms with van der Waals surface area (Å²) in [5, 5.41) is 3.65. The van der Waals surface area contributed by atoms with Gasteiger partial charge in [-0.1, -0.05) is 13.8 Å². The fourth-order valence-corrected chi connectivity index (χ4v) is 4.26. The zero-order chi connectivity index (χ0) is 14.4. The zero-order valence-electron chi connectivity index (χ0n) is 13.0. The monoisotopic (exact) mass is 302 g/mol. The van der Waals surface area contributed by atoms with Crippen LogP contribution in [0.5, 0.6) is 0 Å². The molecule has 0 atom stereocenters. The van der Waals surface area contributed by atoms with Crippen LogP contribution in [-0.2, 0) is 15.5 Å². The van der Waals surface area contributed by atoms with E-state index >= 15 is 0 Å². The number of ether oxygens (including phenoxy) is 1. The summed E-state index contributed by atoms with van der Waals surface area (Å²) in [5.74, 6) is 2.40. The second-order valence-electron chi connectivity index (χ2n) is 6.76. The Morgan fingerprint density at radius 3 is 2.50 bits per heavy atom. The summed E-state index contributed by atoms with van der Waals surface area (Å²) in [6, 6.07) is 0. The van der Waals surface area contributed by atoms with E-state index in [1.54, 1.807) is 0 Å². The lowest BCUT2D eigenvalue weighted by atomic mass is 9.79. The van der Waals surface area contributed by atoms with Gasteiger partial charge in [-0.15, -0.1) is 0 Å². The van der Waals surface area contributed by atoms with Gasteiger partial charge in [-0.2, -0.15) is 0 Å². The molecule has 0 amide bonds. The van der Waals surface area contributed by atoms with E-state index in [9.17, 15) is 4.21 Å². The van der Waals surface area contributed by atoms with Crippen LogP contribution >= 0.6 is 0 Å². The Morgan fingerprint density at radius 2 is 1.90 bits per heavy atom. The van der Waals surface area contributed by atoms with Crippen molar-refractivity contribution in [3.63, 3.8) is 0 Å². The summed E-state index contributed by atoms with van der Waals surface area (Å²) >= 11 is 0. The van der Waals surface area contributed by atoms with Crippen molar-refractivity contribution >= 4 is 10.8 Å². The van der Waals surface area contributed by atoms with Crippen LogP contribution < -0.4 is 5.32 Å². The van der Waals surface area contributed by atoms with Gasteiger partial charge in [-0.25, -0.2) is 0 Å². The van der Waals surface area contributed by atoms with E-state index in [-0.39, 0.29) is 0 Å². The van der Waals surface area contributed by atoms with Gasteiger partial charge in [0.05, 0.1) is 0 Å². The molecule has 1 N–H and O–H groups in total. The maximum atomic E-state index is 11.5. The van der Waals surface area contributed by atoms with Crippen molar-refractivity contribution in [2.75, 3.05) is 57.4 Å². The maximum Gasteiger partial charge on any atom is 0.0472 e. The molecular weight excluding hydrogens is 272 g/mol. The third-order valence-corrected chi connectivity index (χ3v) is 5.71. The fraction of sp³-hybridized carbons (Fsp3) is 1.00. The lowest BCUT2D eigenvalue weighted by Crippen LogP contribution is -2.50. The minimum absolute atomic E-state index is 0.353. The normalized spacial score (nSPS) is 25.1. The summed E-state index contributed by atoms with van der Waals surface area (Å²) < 4.78 is 17.0. The predicted molar refractivity (Wildman–Crippen MR) is 84.5 cm³/mol. The van der Waals surface area contributed by atoms with Crippen LogP contribution in [0.25, 0.3) is 0 Å². The molecule has 0 saturated carbocycles. The van der Waals surface area contributed by atoms with Crippen LogP contribution in [0.15, 0.2) is 0 Å². The van der Waals surface area contributed by atoms with E-state index in [4.69, 9.17) is 4.74 Å². The van der Waals surface area contributed by atoms with E-state index in [1.165, 1.54) is 0 Å². The fourth-order valence-electron chi connectivity index (χ4n) is 3.13. The van der Waals surface area contributed by atoms with Crippen LogP contribution in [0.3, 0.4) is 0 Å². The second-order valence-corrected chi connectivity index (χ2v) is 8.46. The van der Waals surface area contributed by atoms with Gasteiger partial charge in [0.25, 0.3) is 0 Å². The van der Waals surface area contributed by atoms with Gasteiger partial charge < -0.3 is 15.0 Å². The molecular formula is C15H30N2O2S. The number of hydrogen-bond donors (Lipinski definition) is 1. The van der Waals surface area contributed by atoms with Gasteiger partial charge in [0.2, 0.25) is 0 Å². The van der Waals surface area contributed by atoms with Crippen LogP contribution in [0.1, 0.15) is 26.7 Å². The molecule has 0 unspecified atom stereocenters. The molecule has 0 bridgehead atoms. The summed E-state index contributed by atoms with van der Waals surface area (Å²) in [5.41, 5.74) is 0.353. The summed E-state index contributed by atoms with van der Waals surface area (Å²) in [7, 11) is -0.575. The van der Waals surface area contributed by atoms with Crippen LogP contribution in [0, 0.1) is 11.3 Å². The molecule has 0 radical (unpaired) electrons. The van der Waals surface area contributed by atoms with E-state index < -0.39 is 10.8 Å². The Balaban J connectivity index is 1.86. The summed E-state index contributed by atoms with van der Waals surface area (Å²) in [6.07, 6.45) is 2.30. The Morgan fingerprint density at radius 1 is 1.25 bits per heavy atom. The molecule has 2 heterocycles. The molecule has 2 saturated heterocycles. The number of nitrogens with one attached hydrogen (secondary N) is 1. The highest BCUT2D eigenvalue weighted by molar-refractivity contribution is 7.85. The van der Waals surface area contributed by atoms with Gasteiger partial charge in [-0.3, -0.25) is 4.21 Å². The molecule has 0 spiro atoms. The molecule has 2 rings (SSSR count). The van der Waals surface area contributed by atoms with Crippen molar-refractivity contribution in [3.05, 3.63) is 0 Å². The van der Waals surface area contributed by atoms with Crippen LogP contribution in [-0.4, -0.2) is 66.6 Å². The molecule has 0 aromatic rings. The Bertz CT molecular complexity index is 307. The Labute approximate surface area is 126 Å². The maximum absolute atomic E-state index is 11.5. The number of hydrogen-bond acceptors (Lipinski definition) is 4. The largest absolute Gasteiger partial charge is 0.381 e. The first kappa shape index (κ1) is 16.4. The second kappa shape index (κ2) is 7.87. The zero-order valence-corrected chi connectivity index (χ0v) is 13.8. The molecule has 2 fully saturated rings. The molecule has 4 nitrogen and oxygen atoms in total. The molecule has 0 aromatic carbocycles. The summed E-state index contributed by atoms with van der Waals surface area (Å²) in [4.78, 5) is 2.52. The topological polar surface area (TPSA) is 41.6 Å². The predicted octanol–water partition coefficient (Wildman–Crippen LogP) is 1.09. The smallest absolute Gasteiger partial charge is 0.0472 e. The minimum atomic E-state index is -0.575. The summed E-state index contributed by atoms with van der Waals surface area (Å²) in [6.45, 7) is 11.6. The van der Waals surface area contributed by atoms with Crippen LogP contribution in [0.4, 0.5) is 0 Å². The standard InChI is InChI=1S/C15H30N2O2S/c1-14(2)11-16-12-15(3-7-19-8-4-15)13-17-5-9-20(18)10-6-17/h14,16H,3-13H2,1-2H3. The highest BCUT2D eigenvalue weighted by atomic mass is 32.2. The van der Waals surface area contributed by atoms with E-state index in [1.807, 2.05) is 0 Å². The number of rotatable bonds is 6. The molecule has 0 aliphatic carbocycles. The number of nitrogens with zero attached hydrogens (tertiary/aromatic N) is 1. The molecule has 2 aliphatic rings. The third-order valence-electron chi connectivity index (χ3n) is 4.44. The Hall–Kier alpha value is 0.0300. The van der Waals surface area contributed by atoms with Gasteiger partial charge >= 0.3 is 0 Å². The lowest BCUT2D eigenvalue weighted by molar-refractivity contribution is -0.00326. The molecule has 0 aromatic heterocycles. The van der Waals surface area contributed by atoms with Crippen molar-refractivity contribution in [1.29, 1.82) is 0 Å². The van der Waals surface area contributed by atoms with Gasteiger partial charge in [0, 0.05) is 61.7 Å². The van der Waals surface area contributed by atoms with Crippen LogP contribution in [0.2, 0.25) is 0 Å². The molecule has 118 valence electrons. The van der Waals surface area contributed by atoms with Gasteiger partial charge in [0.15, 0.2) is 0 Å². The first-order valence-electron chi connectivity index (χ1n) is 7.95. The van der Waals surface area contributed by atoms with Gasteiger partial charge in [0.1, 0.15) is 0 Å². The van der Waals surface area contributed by atoms with Crippen molar-refractivity contribution in [2.24, 2.45) is 11.3 Å². The minimum Gasteiger partial charge on any atom is -0.381 e. The third kappa shape index (κ3) is 5.10. The van der Waals surface area contributed by atoms with E-state index in [2.05, 4.69) is 24.1 Å². The van der Waals surface area contributed by atoms with Crippen molar-refractivity contribution in [1.82, 2.24) is 10.2 Å². The highest BCUT2D eigenvalue weighted by Crippen LogP contribution is 2.31. The van der Waals surface area contributed by atoms with Crippen molar-refractivity contribution in [3.8, 4) is 0 Å². The van der Waals surface area contributed by atoms with E-state index in [0.29, 0.717) is 11.3 Å². The quantitative estimate of drug-likeness (QED) is 0.797. The highest BCUT2D eigenvalue weighted by Gasteiger charge is 2.34. The van der Waals surface area contributed by atoms with Crippen molar-refractivity contribution < 1.29 is 8.95 Å². The SMILES string of the molecule is CC(C)CNCC1(CN2CCS(=O)CC2)CCOCC1. The van der Waals surface area contributed by atoms with Crippen molar-refractivity contribution in [2.45, 2.75) is 26.7 Å². The first-order chi connectivity index (χ1) is 9.60. The molecule has 20 heavy (non-hydrogen) atoms.